The normalized spacial score (nSPS) is 14.8. The number of aromatic nitrogens is 2. The summed E-state index contributed by atoms with van der Waals surface area (Å²) in [4.78, 5) is 3.44. The van der Waals surface area contributed by atoms with Gasteiger partial charge in [-0.25, -0.2) is 9.24 Å². The van der Waals surface area contributed by atoms with Crippen LogP contribution in [0.1, 0.15) is 30.0 Å². The third-order valence-electron chi connectivity index (χ3n) is 4.03. The predicted octanol–water partition coefficient (Wildman–Crippen LogP) is 2.95. The molecule has 122 valence electrons. The molecule has 1 N–H and O–H groups in total. The van der Waals surface area contributed by atoms with E-state index in [4.69, 9.17) is 16.6 Å². The van der Waals surface area contributed by atoms with E-state index in [9.17, 15) is 4.39 Å². The van der Waals surface area contributed by atoms with Gasteiger partial charge in [0.05, 0.1) is 24.2 Å². The van der Waals surface area contributed by atoms with Crippen molar-refractivity contribution in [1.82, 2.24) is 15.1 Å². The van der Waals surface area contributed by atoms with E-state index in [0.717, 1.165) is 25.9 Å². The average molecular weight is 325 g/mol. The molecule has 1 fully saturated rings. The largest absolute Gasteiger partial charge is 0.480 e. The van der Waals surface area contributed by atoms with Crippen molar-refractivity contribution in [2.75, 3.05) is 13.1 Å². The SMILES string of the molecule is [C-]#[N+]c1cn(C2CCNCC2)nc1OCc1ccc(C#N)cc1F. The summed E-state index contributed by atoms with van der Waals surface area (Å²) in [5, 5.41) is 16.4. The first-order chi connectivity index (χ1) is 11.7. The first-order valence-electron chi connectivity index (χ1n) is 7.70. The molecular weight excluding hydrogens is 309 g/mol. The Bertz CT molecular complexity index is 811. The zero-order chi connectivity index (χ0) is 16.9. The Hall–Kier alpha value is -2.90. The predicted molar refractivity (Wildman–Crippen MR) is 85.1 cm³/mol. The second kappa shape index (κ2) is 7.12. The lowest BCUT2D eigenvalue weighted by Gasteiger charge is -2.22. The Labute approximate surface area is 139 Å². The zero-order valence-electron chi connectivity index (χ0n) is 13.0. The van der Waals surface area contributed by atoms with Crippen molar-refractivity contribution in [3.63, 3.8) is 0 Å². The molecule has 0 radical (unpaired) electrons. The summed E-state index contributed by atoms with van der Waals surface area (Å²) < 4.78 is 21.2. The van der Waals surface area contributed by atoms with Crippen molar-refractivity contribution in [1.29, 1.82) is 5.26 Å². The van der Waals surface area contributed by atoms with Crippen molar-refractivity contribution < 1.29 is 9.13 Å². The maximum absolute atomic E-state index is 13.9. The molecule has 2 aromatic rings. The van der Waals surface area contributed by atoms with Gasteiger partial charge in [-0.1, -0.05) is 6.07 Å². The number of ether oxygens (including phenoxy) is 1. The van der Waals surface area contributed by atoms with Crippen molar-refractivity contribution in [2.45, 2.75) is 25.5 Å². The maximum atomic E-state index is 13.9. The summed E-state index contributed by atoms with van der Waals surface area (Å²) in [5.74, 6) is -0.288. The van der Waals surface area contributed by atoms with E-state index in [1.54, 1.807) is 10.9 Å². The number of halogens is 1. The molecule has 1 aliphatic heterocycles. The molecule has 0 saturated carbocycles. The number of hydrogen-bond acceptors (Lipinski definition) is 4. The van der Waals surface area contributed by atoms with Crippen LogP contribution in [0.3, 0.4) is 0 Å². The van der Waals surface area contributed by atoms with Crippen LogP contribution < -0.4 is 10.1 Å². The lowest BCUT2D eigenvalue weighted by atomic mass is 10.1. The van der Waals surface area contributed by atoms with Gasteiger partial charge in [0.15, 0.2) is 0 Å². The highest BCUT2D eigenvalue weighted by Crippen LogP contribution is 2.30. The fraction of sp³-hybridized carbons (Fsp3) is 0.353. The van der Waals surface area contributed by atoms with Gasteiger partial charge in [-0.2, -0.15) is 5.26 Å². The van der Waals surface area contributed by atoms with Crippen molar-refractivity contribution in [2.24, 2.45) is 0 Å². The zero-order valence-corrected chi connectivity index (χ0v) is 13.0. The van der Waals surface area contributed by atoms with Crippen LogP contribution in [-0.4, -0.2) is 22.9 Å². The number of rotatable bonds is 4. The molecule has 1 aliphatic rings. The molecule has 7 heteroatoms. The summed E-state index contributed by atoms with van der Waals surface area (Å²) in [6.07, 6.45) is 3.58. The van der Waals surface area contributed by atoms with Gasteiger partial charge in [-0.05, 0) is 38.1 Å². The van der Waals surface area contributed by atoms with Crippen molar-refractivity contribution in [3.8, 4) is 11.9 Å². The van der Waals surface area contributed by atoms with Crippen LogP contribution in [0.2, 0.25) is 0 Å². The molecular formula is C17H16FN5O. The Morgan fingerprint density at radius 2 is 2.25 bits per heavy atom. The molecule has 0 aliphatic carbocycles. The Balaban J connectivity index is 1.74. The lowest BCUT2D eigenvalue weighted by molar-refractivity contribution is 0.275. The van der Waals surface area contributed by atoms with Gasteiger partial charge in [0.2, 0.25) is 5.88 Å². The molecule has 3 rings (SSSR count). The van der Waals surface area contributed by atoms with Gasteiger partial charge in [-0.3, -0.25) is 4.68 Å². The van der Waals surface area contributed by atoms with Crippen LogP contribution in [0.4, 0.5) is 10.1 Å². The summed E-state index contributed by atoms with van der Waals surface area (Å²) in [6.45, 7) is 9.06. The van der Waals surface area contributed by atoms with E-state index in [-0.39, 0.29) is 24.1 Å². The van der Waals surface area contributed by atoms with Crippen molar-refractivity contribution >= 4 is 5.69 Å². The van der Waals surface area contributed by atoms with Gasteiger partial charge in [0.1, 0.15) is 12.4 Å². The standard InChI is InChI=1S/C17H16FN5O/c1-20-16-10-23(14-4-6-21-7-5-14)22-17(16)24-11-13-3-2-12(9-19)8-15(13)18/h2-3,8,10,14,21H,4-7,11H2. The maximum Gasteiger partial charge on any atom is 0.266 e. The van der Waals surface area contributed by atoms with Gasteiger partial charge < -0.3 is 10.1 Å². The minimum absolute atomic E-state index is 0.0384. The molecule has 6 nitrogen and oxygen atoms in total. The first-order valence-corrected chi connectivity index (χ1v) is 7.70. The summed E-state index contributed by atoms with van der Waals surface area (Å²) in [7, 11) is 0. The van der Waals surface area contributed by atoms with Gasteiger partial charge in [0, 0.05) is 11.8 Å². The third-order valence-corrected chi connectivity index (χ3v) is 4.03. The quantitative estimate of drug-likeness (QED) is 0.878. The van der Waals surface area contributed by atoms with E-state index in [0.29, 0.717) is 11.3 Å². The Morgan fingerprint density at radius 3 is 2.92 bits per heavy atom. The summed E-state index contributed by atoms with van der Waals surface area (Å²) in [5.41, 5.74) is 0.900. The van der Waals surface area contributed by atoms with Gasteiger partial charge in [-0.15, -0.1) is 5.10 Å². The third kappa shape index (κ3) is 3.37. The average Bonchev–Trinajstić information content (AvgIpc) is 3.04. The molecule has 1 saturated heterocycles. The smallest absolute Gasteiger partial charge is 0.266 e. The monoisotopic (exact) mass is 325 g/mol. The first kappa shape index (κ1) is 16.0. The number of nitrogens with zero attached hydrogens (tertiary/aromatic N) is 4. The number of benzene rings is 1. The highest BCUT2D eigenvalue weighted by molar-refractivity contribution is 5.52. The summed E-state index contributed by atoms with van der Waals surface area (Å²) >= 11 is 0. The minimum atomic E-state index is -0.504. The van der Waals surface area contributed by atoms with E-state index < -0.39 is 5.82 Å². The molecule has 0 atom stereocenters. The van der Waals surface area contributed by atoms with Crippen molar-refractivity contribution in [3.05, 3.63) is 52.8 Å². The second-order valence-electron chi connectivity index (χ2n) is 5.60. The van der Waals surface area contributed by atoms with E-state index in [1.165, 1.54) is 18.2 Å². The second-order valence-corrected chi connectivity index (χ2v) is 5.60. The topological polar surface area (TPSA) is 67.2 Å². The Morgan fingerprint density at radius 1 is 1.46 bits per heavy atom. The minimum Gasteiger partial charge on any atom is -0.480 e. The molecule has 2 heterocycles. The number of nitrogens with one attached hydrogen (secondary N) is 1. The molecule has 1 aromatic heterocycles. The van der Waals surface area contributed by atoms with Crippen LogP contribution in [0, 0.1) is 23.7 Å². The lowest BCUT2D eigenvalue weighted by Crippen LogP contribution is -2.29. The molecule has 0 bridgehead atoms. The fourth-order valence-corrected chi connectivity index (χ4v) is 2.68. The van der Waals surface area contributed by atoms with Crippen LogP contribution in [-0.2, 0) is 6.61 Å². The van der Waals surface area contributed by atoms with Gasteiger partial charge in [0.25, 0.3) is 5.69 Å². The molecule has 24 heavy (non-hydrogen) atoms. The van der Waals surface area contributed by atoms with Crippen LogP contribution in [0.15, 0.2) is 24.4 Å². The van der Waals surface area contributed by atoms with E-state index in [2.05, 4.69) is 15.3 Å². The molecule has 0 amide bonds. The summed E-state index contributed by atoms with van der Waals surface area (Å²) in [6, 6.07) is 6.34. The van der Waals surface area contributed by atoms with Crippen LogP contribution in [0.5, 0.6) is 5.88 Å². The molecule has 0 unspecified atom stereocenters. The van der Waals surface area contributed by atoms with Crippen LogP contribution >= 0.6 is 0 Å². The van der Waals surface area contributed by atoms with E-state index >= 15 is 0 Å². The fourth-order valence-electron chi connectivity index (χ4n) is 2.68. The molecule has 1 aromatic carbocycles. The van der Waals surface area contributed by atoms with Crippen LogP contribution in [0.25, 0.3) is 4.85 Å². The van der Waals surface area contributed by atoms with E-state index in [1.807, 2.05) is 6.07 Å². The van der Waals surface area contributed by atoms with Gasteiger partial charge >= 0.3 is 0 Å². The Kier molecular flexibility index (Phi) is 4.74. The highest BCUT2D eigenvalue weighted by atomic mass is 19.1. The number of nitriles is 1. The number of piperidine rings is 1. The molecule has 0 spiro atoms. The number of hydrogen-bond donors (Lipinski definition) is 1. The highest BCUT2D eigenvalue weighted by Gasteiger charge is 2.19.